The number of hydrogen-bond donors (Lipinski definition) is 1. The number of rotatable bonds is 8. The predicted molar refractivity (Wildman–Crippen MR) is 131 cm³/mol. The topological polar surface area (TPSA) is 66.9 Å². The van der Waals surface area contributed by atoms with Crippen LogP contribution >= 0.6 is 11.3 Å². The number of methoxy groups -OCH3 is 2. The standard InChI is InChI=1S/C25H30N4O3S/c1-31-21-8-4-19(5-9-21)24(20-6-10-22(32-2)11-7-20)27-23(30)18-28-13-3-14-29(16-15-28)25-26-12-17-33-25/h4-12,17,24H,3,13-16,18H2,1-2H3,(H,27,30). The van der Waals surface area contributed by atoms with Crippen LogP contribution in [0.25, 0.3) is 0 Å². The zero-order valence-corrected chi connectivity index (χ0v) is 19.9. The maximum absolute atomic E-state index is 13.1. The lowest BCUT2D eigenvalue weighted by Crippen LogP contribution is -2.40. The van der Waals surface area contributed by atoms with E-state index in [1.54, 1.807) is 25.6 Å². The molecule has 1 aliphatic heterocycles. The zero-order chi connectivity index (χ0) is 23.0. The Hall–Kier alpha value is -3.10. The van der Waals surface area contributed by atoms with E-state index in [1.807, 2.05) is 60.1 Å². The second-order valence-corrected chi connectivity index (χ2v) is 8.85. The Bertz CT molecular complexity index is 962. The van der Waals surface area contributed by atoms with Crippen LogP contribution in [0.3, 0.4) is 0 Å². The molecule has 0 radical (unpaired) electrons. The summed E-state index contributed by atoms with van der Waals surface area (Å²) in [4.78, 5) is 22.1. The Morgan fingerprint density at radius 2 is 1.61 bits per heavy atom. The average Bonchev–Trinajstić information content (AvgIpc) is 3.30. The highest BCUT2D eigenvalue weighted by Gasteiger charge is 2.21. The van der Waals surface area contributed by atoms with Gasteiger partial charge in [-0.3, -0.25) is 9.69 Å². The molecule has 1 saturated heterocycles. The number of amides is 1. The predicted octanol–water partition coefficient (Wildman–Crippen LogP) is 3.58. The molecule has 8 heteroatoms. The first-order chi connectivity index (χ1) is 16.2. The van der Waals surface area contributed by atoms with Crippen LogP contribution < -0.4 is 19.7 Å². The summed E-state index contributed by atoms with van der Waals surface area (Å²) in [5, 5.41) is 6.30. The quantitative estimate of drug-likeness (QED) is 0.547. The summed E-state index contributed by atoms with van der Waals surface area (Å²) < 4.78 is 10.6. The average molecular weight is 467 g/mol. The number of ether oxygens (including phenoxy) is 2. The Kier molecular flexibility index (Phi) is 7.80. The molecule has 1 amide bonds. The summed E-state index contributed by atoms with van der Waals surface area (Å²) in [6, 6.07) is 15.4. The fourth-order valence-electron chi connectivity index (χ4n) is 4.05. The van der Waals surface area contributed by atoms with Crippen LogP contribution in [0.4, 0.5) is 5.13 Å². The van der Waals surface area contributed by atoms with Crippen molar-refractivity contribution in [3.8, 4) is 11.5 Å². The van der Waals surface area contributed by atoms with Gasteiger partial charge in [-0.15, -0.1) is 11.3 Å². The van der Waals surface area contributed by atoms with Crippen LogP contribution in [0.15, 0.2) is 60.1 Å². The third-order valence-corrected chi connectivity index (χ3v) is 6.68. The summed E-state index contributed by atoms with van der Waals surface area (Å²) in [6.07, 6.45) is 2.85. The van der Waals surface area contributed by atoms with Crippen molar-refractivity contribution in [2.75, 3.05) is 51.8 Å². The van der Waals surface area contributed by atoms with Crippen LogP contribution in [0.1, 0.15) is 23.6 Å². The molecule has 0 aliphatic carbocycles. The van der Waals surface area contributed by atoms with E-state index in [0.717, 1.165) is 60.4 Å². The van der Waals surface area contributed by atoms with Gasteiger partial charge in [-0.25, -0.2) is 4.98 Å². The molecular weight excluding hydrogens is 436 g/mol. The number of anilines is 1. The summed E-state index contributed by atoms with van der Waals surface area (Å²) in [7, 11) is 3.29. The minimum absolute atomic E-state index is 0.00864. The van der Waals surface area contributed by atoms with Gasteiger partial charge in [-0.1, -0.05) is 24.3 Å². The van der Waals surface area contributed by atoms with Crippen molar-refractivity contribution < 1.29 is 14.3 Å². The molecule has 7 nitrogen and oxygen atoms in total. The molecule has 1 N–H and O–H groups in total. The molecule has 0 unspecified atom stereocenters. The maximum atomic E-state index is 13.1. The van der Waals surface area contributed by atoms with Crippen molar-refractivity contribution >= 4 is 22.4 Å². The highest BCUT2D eigenvalue weighted by atomic mass is 32.1. The van der Waals surface area contributed by atoms with E-state index in [-0.39, 0.29) is 11.9 Å². The molecule has 1 aromatic heterocycles. The van der Waals surface area contributed by atoms with Gasteiger partial charge in [0.1, 0.15) is 11.5 Å². The minimum atomic E-state index is -0.256. The molecule has 4 rings (SSSR count). The number of carbonyl (C=O) groups is 1. The highest BCUT2D eigenvalue weighted by molar-refractivity contribution is 7.13. The second-order valence-electron chi connectivity index (χ2n) is 7.98. The maximum Gasteiger partial charge on any atom is 0.234 e. The van der Waals surface area contributed by atoms with Gasteiger partial charge in [0.15, 0.2) is 5.13 Å². The number of thiazole rings is 1. The molecule has 2 aromatic carbocycles. The Morgan fingerprint density at radius 3 is 2.15 bits per heavy atom. The highest BCUT2D eigenvalue weighted by Crippen LogP contribution is 2.26. The SMILES string of the molecule is COc1ccc(C(NC(=O)CN2CCCN(c3nccs3)CC2)c2ccc(OC)cc2)cc1. The molecule has 0 atom stereocenters. The molecule has 2 heterocycles. The van der Waals surface area contributed by atoms with Crippen molar-refractivity contribution in [3.05, 3.63) is 71.2 Å². The molecule has 1 fully saturated rings. The van der Waals surface area contributed by atoms with Gasteiger partial charge in [-0.2, -0.15) is 0 Å². The molecule has 33 heavy (non-hydrogen) atoms. The van der Waals surface area contributed by atoms with E-state index in [0.29, 0.717) is 6.54 Å². The third kappa shape index (κ3) is 6.03. The summed E-state index contributed by atoms with van der Waals surface area (Å²) in [5.74, 6) is 1.58. The lowest BCUT2D eigenvalue weighted by Gasteiger charge is -2.24. The lowest BCUT2D eigenvalue weighted by molar-refractivity contribution is -0.122. The van der Waals surface area contributed by atoms with Crippen molar-refractivity contribution in [3.63, 3.8) is 0 Å². The van der Waals surface area contributed by atoms with E-state index in [1.165, 1.54) is 0 Å². The van der Waals surface area contributed by atoms with Crippen LogP contribution in [-0.2, 0) is 4.79 Å². The number of nitrogens with zero attached hydrogens (tertiary/aromatic N) is 3. The number of hydrogen-bond acceptors (Lipinski definition) is 7. The summed E-state index contributed by atoms with van der Waals surface area (Å²) >= 11 is 1.66. The van der Waals surface area contributed by atoms with Crippen molar-refractivity contribution in [1.82, 2.24) is 15.2 Å². The summed E-state index contributed by atoms with van der Waals surface area (Å²) in [6.45, 7) is 3.94. The van der Waals surface area contributed by atoms with Crippen molar-refractivity contribution in [2.45, 2.75) is 12.5 Å². The number of benzene rings is 2. The Balaban J connectivity index is 1.44. The van der Waals surface area contributed by atoms with E-state index in [2.05, 4.69) is 20.1 Å². The van der Waals surface area contributed by atoms with Gasteiger partial charge in [0.25, 0.3) is 0 Å². The fraction of sp³-hybridized carbons (Fsp3) is 0.360. The second kappa shape index (κ2) is 11.2. The van der Waals surface area contributed by atoms with Gasteiger partial charge in [0.2, 0.25) is 5.91 Å². The van der Waals surface area contributed by atoms with Crippen LogP contribution in [0.5, 0.6) is 11.5 Å². The molecule has 0 bridgehead atoms. The largest absolute Gasteiger partial charge is 0.497 e. The van der Waals surface area contributed by atoms with E-state index >= 15 is 0 Å². The lowest BCUT2D eigenvalue weighted by atomic mass is 9.98. The molecule has 1 aliphatic rings. The number of nitrogens with one attached hydrogen (secondary N) is 1. The Labute approximate surface area is 199 Å². The molecular formula is C25H30N4O3S. The van der Waals surface area contributed by atoms with Crippen LogP contribution in [0, 0.1) is 0 Å². The van der Waals surface area contributed by atoms with E-state index < -0.39 is 0 Å². The first kappa shape index (κ1) is 23.1. The summed E-state index contributed by atoms with van der Waals surface area (Å²) in [5.41, 5.74) is 2.00. The van der Waals surface area contributed by atoms with Gasteiger partial charge in [0.05, 0.1) is 26.8 Å². The van der Waals surface area contributed by atoms with E-state index in [9.17, 15) is 4.79 Å². The Morgan fingerprint density at radius 1 is 0.970 bits per heavy atom. The number of carbonyl (C=O) groups excluding carboxylic acids is 1. The van der Waals surface area contributed by atoms with Crippen molar-refractivity contribution in [1.29, 1.82) is 0 Å². The normalized spacial score (nSPS) is 14.7. The van der Waals surface area contributed by atoms with Crippen LogP contribution in [0.2, 0.25) is 0 Å². The fourth-order valence-corrected chi connectivity index (χ4v) is 4.75. The zero-order valence-electron chi connectivity index (χ0n) is 19.1. The van der Waals surface area contributed by atoms with E-state index in [4.69, 9.17) is 9.47 Å². The molecule has 174 valence electrons. The number of aromatic nitrogens is 1. The van der Waals surface area contributed by atoms with Crippen molar-refractivity contribution in [2.24, 2.45) is 0 Å². The monoisotopic (exact) mass is 466 g/mol. The smallest absolute Gasteiger partial charge is 0.234 e. The van der Waals surface area contributed by atoms with Crippen LogP contribution in [-0.4, -0.2) is 62.7 Å². The first-order valence-electron chi connectivity index (χ1n) is 11.1. The molecule has 0 saturated carbocycles. The van der Waals surface area contributed by atoms with Gasteiger partial charge < -0.3 is 19.7 Å². The van der Waals surface area contributed by atoms with Gasteiger partial charge in [0, 0.05) is 37.8 Å². The van der Waals surface area contributed by atoms with Gasteiger partial charge >= 0.3 is 0 Å². The van der Waals surface area contributed by atoms with Gasteiger partial charge in [-0.05, 0) is 41.8 Å². The first-order valence-corrected chi connectivity index (χ1v) is 12.0. The molecule has 0 spiro atoms. The third-order valence-electron chi connectivity index (χ3n) is 5.85. The minimum Gasteiger partial charge on any atom is -0.497 e. The molecule has 3 aromatic rings.